The molecule has 0 saturated carbocycles. The van der Waals surface area contributed by atoms with E-state index in [1.54, 1.807) is 30.9 Å². The average molecular weight is 2010 g/mol. The Morgan fingerprint density at radius 1 is 0.326 bits per heavy atom. The van der Waals surface area contributed by atoms with Crippen molar-refractivity contribution in [1.29, 1.82) is 0 Å². The molecule has 6 saturated heterocycles. The molecule has 24 heteroatoms. The van der Waals surface area contributed by atoms with E-state index in [9.17, 15) is 30.1 Å². The molecule has 0 N–H and O–H groups in total. The number of aryl methyl sites for hydroxylation is 2. The SMILES string of the molecule is [2H]C([2H])([2H])Oc1cc2c(cc1OC)C1([2H])CC(=O)C(C([2H])([2H])C([2H])(C([2H])([2H])[2H])C([2H])([2H])C)CN1C([2H])([2H])C2([2H])[2H].[2H]C([2H])([2H])Oc1cc2c(cc1OC)C1([2H])CC(=O)C(CC(C)C)CN1C([2H])([2H])C2([2H])[2H].[2H]C([2H])([2H])Oc1cc2c(cc1OC)C1CC(=O)C(C([2H])([2H])C([2H])(C([2H])([2H])[2H])C([2H])([2H])C)C([2H])([2H])N1CC2.[2H]C([2H])([2H])Oc1cc2c(cc1OC)C1CC(=O)C(CC(C)C)C([2H])([2H])N1CC2.[2H]C([2H])([2H])Oc1cc2c(cc1OC)C1N(CC2)C([2H])([2H])C([2H])(C([2H])([2H])C([2H])(C([2H])([2H])[2H])C([2H])([2H])C)C(=O)C1([2H])[2H].[2H]C([2H])([2H])Oc1cc2c(cc1OC)C1N(CC2)C([2H])([2H])C([2H])(CC(C)C)C(=O)C1([2H])[2H]. The second-order valence-electron chi connectivity index (χ2n) is 36.0. The first kappa shape index (κ1) is 51.2. The number of fused-ring (bicyclic) bond motifs is 18. The first-order valence-electron chi connectivity index (χ1n) is 79.1. The average Bonchev–Trinajstić information content (AvgIpc) is 0.654. The third kappa shape index (κ3) is 25.6. The van der Waals surface area contributed by atoms with Gasteiger partial charge < -0.3 is 56.8 Å². The predicted octanol–water partition coefficient (Wildman–Crippen LogP) is 20.6. The number of rotatable bonds is 27. The maximum atomic E-state index is 13.8. The molecule has 12 aliphatic heterocycles. The maximum Gasteiger partial charge on any atom is 0.161 e. The number of Topliss-reactive ketones (excluding diaryl/α,β-unsaturated/α-hetero) is 6. The number of ketones is 6. The fourth-order valence-electron chi connectivity index (χ4n) is 18.7. The van der Waals surface area contributed by atoms with Gasteiger partial charge in [-0.15, -0.1) is 0 Å². The molecule has 0 radical (unpaired) electrons. The topological polar surface area (TPSA) is 233 Å². The summed E-state index contributed by atoms with van der Waals surface area (Å²) in [5.74, 6) is -28.9. The Kier molecular flexibility index (Phi) is 18.1. The predicted molar refractivity (Wildman–Crippen MR) is 555 cm³/mol. The number of carbonyl (C=O) groups is 6. The minimum atomic E-state index is -4.11. The first-order chi connectivity index (χ1) is 92.8. The molecule has 15 atom stereocenters. The molecule has 12 heterocycles. The van der Waals surface area contributed by atoms with Gasteiger partial charge in [0, 0.05) is 251 Å². The van der Waals surface area contributed by atoms with Crippen molar-refractivity contribution < 1.29 is 176 Å². The summed E-state index contributed by atoms with van der Waals surface area (Å²) in [6.07, 6.45) is -31.3. The van der Waals surface area contributed by atoms with Gasteiger partial charge in [-0.25, -0.2) is 0 Å². The summed E-state index contributed by atoms with van der Waals surface area (Å²) in [6.45, 7) is -14.8. The lowest BCUT2D eigenvalue weighted by molar-refractivity contribution is -0.130. The third-order valence-electron chi connectivity index (χ3n) is 25.7. The van der Waals surface area contributed by atoms with Crippen LogP contribution in [0.25, 0.3) is 0 Å². The van der Waals surface area contributed by atoms with Gasteiger partial charge in [0.2, 0.25) is 0 Å². The molecule has 6 aromatic carbocycles. The number of hydrogen-bond donors (Lipinski definition) is 0. The molecule has 12 aliphatic rings. The number of benzene rings is 6. The van der Waals surface area contributed by atoms with Gasteiger partial charge in [-0.05, 0) is 252 Å². The van der Waals surface area contributed by atoms with Crippen molar-refractivity contribution in [3.05, 3.63) is 140 Å². The van der Waals surface area contributed by atoms with Crippen LogP contribution < -0.4 is 56.8 Å². The van der Waals surface area contributed by atoms with Crippen molar-refractivity contribution in [2.75, 3.05) is 163 Å². The number of carbonyl (C=O) groups excluding carboxylic acids is 6. The highest BCUT2D eigenvalue weighted by atomic mass is 16.5. The number of piperidine rings is 6. The van der Waals surface area contributed by atoms with E-state index < -0.39 is 309 Å². The summed E-state index contributed by atoms with van der Waals surface area (Å²) < 4.78 is 598. The summed E-state index contributed by atoms with van der Waals surface area (Å²) >= 11 is 0. The van der Waals surface area contributed by atoms with Gasteiger partial charge in [0.1, 0.15) is 34.7 Å². The van der Waals surface area contributed by atoms with E-state index in [4.69, 9.17) is 146 Å². The van der Waals surface area contributed by atoms with Crippen LogP contribution in [0.1, 0.15) is 372 Å². The molecular formula is C117H168N6O18. The van der Waals surface area contributed by atoms with Crippen LogP contribution in [0.4, 0.5) is 0 Å². The van der Waals surface area contributed by atoms with E-state index >= 15 is 0 Å². The summed E-state index contributed by atoms with van der Waals surface area (Å²) in [7, 11) is -9.16. The van der Waals surface area contributed by atoms with Crippen LogP contribution in [0.2, 0.25) is 0 Å². The van der Waals surface area contributed by atoms with Crippen molar-refractivity contribution in [2.45, 2.75) is 253 Å². The lowest BCUT2D eigenvalue weighted by Gasteiger charge is -2.43. The second kappa shape index (κ2) is 50.0. The molecule has 0 aromatic heterocycles. The van der Waals surface area contributed by atoms with Crippen LogP contribution in [-0.2, 0) is 67.2 Å². The van der Waals surface area contributed by atoms with E-state index in [-0.39, 0.29) is 185 Å². The Morgan fingerprint density at radius 3 is 0.979 bits per heavy atom. The third-order valence-corrected chi connectivity index (χ3v) is 25.7. The number of ether oxygens (including phenoxy) is 12. The smallest absolute Gasteiger partial charge is 0.161 e. The quantitative estimate of drug-likeness (QED) is 0.0466. The van der Waals surface area contributed by atoms with Gasteiger partial charge in [-0.1, -0.05) is 102 Å². The van der Waals surface area contributed by atoms with Gasteiger partial charge in [-0.3, -0.25) is 58.2 Å². The molecule has 774 valence electrons. The van der Waals surface area contributed by atoms with Crippen LogP contribution in [0, 0.1) is 70.9 Å². The minimum absolute atomic E-state index is 0.0311. The van der Waals surface area contributed by atoms with Crippen molar-refractivity contribution in [3.63, 3.8) is 0 Å². The number of methoxy groups -OCH3 is 12. The van der Waals surface area contributed by atoms with E-state index in [1.807, 2.05) is 27.7 Å². The summed E-state index contributed by atoms with van der Waals surface area (Å²) in [5, 5.41) is 0. The van der Waals surface area contributed by atoms with Crippen molar-refractivity contribution in [1.82, 2.24) is 29.4 Å². The normalized spacial score (nSPS) is 39.3. The van der Waals surface area contributed by atoms with E-state index in [0.29, 0.717) is 71.7 Å². The Labute approximate surface area is 935 Å². The van der Waals surface area contributed by atoms with Crippen LogP contribution in [-0.4, -0.2) is 227 Å². The van der Waals surface area contributed by atoms with Gasteiger partial charge in [0.05, 0.1) is 112 Å². The zero-order valence-corrected chi connectivity index (χ0v) is 81.3. The van der Waals surface area contributed by atoms with E-state index in [2.05, 4.69) is 0 Å². The molecule has 15 unspecified atom stereocenters. The largest absolute Gasteiger partial charge is 0.493 e. The molecule has 0 bridgehead atoms. The zero-order chi connectivity index (χ0) is 159. The molecule has 24 nitrogen and oxygen atoms in total. The molecule has 141 heavy (non-hydrogen) atoms. The van der Waals surface area contributed by atoms with Crippen LogP contribution in [0.15, 0.2) is 72.8 Å². The fraction of sp³-hybridized carbons (Fsp3) is 0.641. The molecule has 0 spiro atoms. The van der Waals surface area contributed by atoms with Gasteiger partial charge in [0.15, 0.2) is 69.0 Å². The van der Waals surface area contributed by atoms with E-state index in [0.717, 1.165) is 54.3 Å². The molecule has 6 fully saturated rings. The molecule has 0 amide bonds. The Bertz CT molecular complexity index is 8370. The lowest BCUT2D eigenvalue weighted by atomic mass is 9.79. The lowest BCUT2D eigenvalue weighted by Crippen LogP contribution is -2.46. The van der Waals surface area contributed by atoms with Gasteiger partial charge in [0.25, 0.3) is 0 Å². The Morgan fingerprint density at radius 2 is 0.617 bits per heavy atom. The minimum Gasteiger partial charge on any atom is -0.493 e. The van der Waals surface area contributed by atoms with Crippen molar-refractivity contribution >= 4 is 34.7 Å². The van der Waals surface area contributed by atoms with Crippen LogP contribution in [0.5, 0.6) is 69.0 Å². The highest BCUT2D eigenvalue weighted by Gasteiger charge is 2.47. The number of nitrogens with zero attached hydrogens (tertiary/aromatic N) is 6. The first-order valence-corrected chi connectivity index (χ1v) is 46.1. The molecular weight excluding hydrogens is 1780 g/mol. The summed E-state index contributed by atoms with van der Waals surface area (Å²) in [4.78, 5) is 86.3. The Hall–Kier alpha value is -9.30. The highest BCUT2D eigenvalue weighted by Crippen LogP contribution is 2.51. The summed E-state index contributed by atoms with van der Waals surface area (Å²) in [5.41, 5.74) is 2.83. The number of hydrogen-bond acceptors (Lipinski definition) is 24. The van der Waals surface area contributed by atoms with Gasteiger partial charge >= 0.3 is 0 Å². The van der Waals surface area contributed by atoms with Crippen LogP contribution in [0.3, 0.4) is 0 Å². The van der Waals surface area contributed by atoms with Crippen LogP contribution >= 0.6 is 0 Å². The Balaban J connectivity index is 0.000000199. The maximum absolute atomic E-state index is 13.8. The van der Waals surface area contributed by atoms with Crippen molar-refractivity contribution in [2.24, 2.45) is 70.9 Å². The fourth-order valence-corrected chi connectivity index (χ4v) is 18.7. The molecule has 6 aromatic rings. The summed E-state index contributed by atoms with van der Waals surface area (Å²) in [6, 6.07) is 7.10. The standard InChI is InChI=1S/3C20H29NO3.3C19H27NO3/c3*1-5-13(2)8-15-12-21-7-6-14-9-19(23-3)20(24-4)10-16(14)17(21)11-18(15)22;3*1-12(2)7-14-11-20-6-5-13-8-18(22-3)19(23-4)9-15(13)16(20)10-17(14)21/h3*9-10,13,15,17H,5-8,11-12H2,1-4H3;3*8-9,12,14,16H,5-7,10-11H2,1-4H3/i2D3,3D3,5D2,8D2,11D2,12D2,13D,15D;2D3,3D3,5D2,6D2,7D2,8D2,13D,17D;2D3,3D3,5D2,8D2,12D2,13D;3D3,10D2,11D2,14D;3D3,5D2,6D2,16D;3D3,11D2. The highest BCUT2D eigenvalue weighted by molar-refractivity contribution is 5.86. The monoisotopic (exact) mass is 2010 g/mol. The van der Waals surface area contributed by atoms with Crippen molar-refractivity contribution in [3.8, 4) is 69.0 Å². The molecule has 0 aliphatic carbocycles. The zero-order valence-electron chi connectivity index (χ0n) is 147. The van der Waals surface area contributed by atoms with Gasteiger partial charge in [-0.2, -0.15) is 0 Å². The second-order valence-corrected chi connectivity index (χ2v) is 36.0. The van der Waals surface area contributed by atoms with E-state index in [1.165, 1.54) is 81.7 Å². The molecule has 18 rings (SSSR count).